The number of nitrogens with zero attached hydrogens (tertiary/aromatic N) is 2. The standard InChI is InChI=1S/C14H18N4S/c1-10(8-12-4-3-7-19-12)18(2)11-5-6-17-13(9-11)14(15)16/h3-7,9-10H,8H2,1-2H3,(H3,15,16). The summed E-state index contributed by atoms with van der Waals surface area (Å²) in [5.74, 6) is 0.00107. The summed E-state index contributed by atoms with van der Waals surface area (Å²) in [5, 5.41) is 9.54. The van der Waals surface area contributed by atoms with E-state index in [4.69, 9.17) is 11.1 Å². The number of pyridine rings is 1. The Morgan fingerprint density at radius 3 is 2.95 bits per heavy atom. The van der Waals surface area contributed by atoms with Crippen LogP contribution in [0.1, 0.15) is 17.5 Å². The van der Waals surface area contributed by atoms with Gasteiger partial charge in [-0.05, 0) is 30.5 Å². The van der Waals surface area contributed by atoms with Crippen LogP contribution in [-0.4, -0.2) is 23.9 Å². The lowest BCUT2D eigenvalue weighted by Crippen LogP contribution is -2.30. The number of likely N-dealkylation sites (N-methyl/N-ethyl adjacent to an activating group) is 1. The summed E-state index contributed by atoms with van der Waals surface area (Å²) in [5.41, 5.74) is 7.03. The smallest absolute Gasteiger partial charge is 0.141 e. The first-order valence-corrected chi connectivity index (χ1v) is 7.01. The van der Waals surface area contributed by atoms with E-state index in [0.717, 1.165) is 12.1 Å². The number of thiophene rings is 1. The van der Waals surface area contributed by atoms with Crippen LogP contribution in [-0.2, 0) is 6.42 Å². The molecule has 1 atom stereocenters. The Balaban J connectivity index is 2.12. The van der Waals surface area contributed by atoms with Crippen LogP contribution >= 0.6 is 11.3 Å². The molecule has 3 N–H and O–H groups in total. The van der Waals surface area contributed by atoms with Crippen LogP contribution in [0.25, 0.3) is 0 Å². The molecule has 0 aliphatic carbocycles. The number of amidine groups is 1. The van der Waals surface area contributed by atoms with Gasteiger partial charge in [0.15, 0.2) is 0 Å². The highest BCUT2D eigenvalue weighted by Crippen LogP contribution is 2.19. The van der Waals surface area contributed by atoms with Crippen LogP contribution < -0.4 is 10.6 Å². The minimum Gasteiger partial charge on any atom is -0.382 e. The van der Waals surface area contributed by atoms with Gasteiger partial charge in [-0.15, -0.1) is 11.3 Å². The molecule has 0 fully saturated rings. The zero-order chi connectivity index (χ0) is 13.8. The van der Waals surface area contributed by atoms with Gasteiger partial charge in [0, 0.05) is 36.3 Å². The van der Waals surface area contributed by atoms with E-state index < -0.39 is 0 Å². The van der Waals surface area contributed by atoms with Gasteiger partial charge in [0.2, 0.25) is 0 Å². The quantitative estimate of drug-likeness (QED) is 0.650. The van der Waals surface area contributed by atoms with Gasteiger partial charge in [-0.25, -0.2) is 0 Å². The highest BCUT2D eigenvalue weighted by molar-refractivity contribution is 7.09. The van der Waals surface area contributed by atoms with Crippen molar-refractivity contribution < 1.29 is 0 Å². The molecule has 0 saturated heterocycles. The second kappa shape index (κ2) is 5.84. The van der Waals surface area contributed by atoms with Crippen molar-refractivity contribution in [3.8, 4) is 0 Å². The Kier molecular flexibility index (Phi) is 4.16. The first-order chi connectivity index (χ1) is 9.08. The molecule has 0 radical (unpaired) electrons. The summed E-state index contributed by atoms with van der Waals surface area (Å²) in [6, 6.07) is 8.40. The largest absolute Gasteiger partial charge is 0.382 e. The zero-order valence-corrected chi connectivity index (χ0v) is 11.9. The van der Waals surface area contributed by atoms with Gasteiger partial charge >= 0.3 is 0 Å². The second-order valence-corrected chi connectivity index (χ2v) is 5.59. The molecule has 0 aliphatic rings. The number of aromatic nitrogens is 1. The van der Waals surface area contributed by atoms with Gasteiger partial charge < -0.3 is 10.6 Å². The zero-order valence-electron chi connectivity index (χ0n) is 11.1. The van der Waals surface area contributed by atoms with E-state index in [9.17, 15) is 0 Å². The lowest BCUT2D eigenvalue weighted by atomic mass is 10.1. The molecule has 0 amide bonds. The van der Waals surface area contributed by atoms with Crippen molar-refractivity contribution in [1.29, 1.82) is 5.41 Å². The molecule has 1 unspecified atom stereocenters. The summed E-state index contributed by atoms with van der Waals surface area (Å²) >= 11 is 1.78. The van der Waals surface area contributed by atoms with E-state index in [2.05, 4.69) is 41.4 Å². The normalized spacial score (nSPS) is 12.1. The van der Waals surface area contributed by atoms with Crippen LogP contribution in [0.4, 0.5) is 5.69 Å². The molecule has 2 rings (SSSR count). The molecular weight excluding hydrogens is 256 g/mol. The monoisotopic (exact) mass is 274 g/mol. The van der Waals surface area contributed by atoms with Crippen LogP contribution in [0.3, 0.4) is 0 Å². The third-order valence-electron chi connectivity index (χ3n) is 3.16. The third kappa shape index (κ3) is 3.32. The second-order valence-electron chi connectivity index (χ2n) is 4.56. The fourth-order valence-corrected chi connectivity index (χ4v) is 2.72. The summed E-state index contributed by atoms with van der Waals surface area (Å²) in [4.78, 5) is 7.65. The lowest BCUT2D eigenvalue weighted by Gasteiger charge is -2.27. The van der Waals surface area contributed by atoms with Gasteiger partial charge in [-0.1, -0.05) is 6.07 Å². The van der Waals surface area contributed by atoms with Gasteiger partial charge in [0.1, 0.15) is 11.5 Å². The topological polar surface area (TPSA) is 66.0 Å². The van der Waals surface area contributed by atoms with Crippen LogP contribution in [0.15, 0.2) is 35.8 Å². The Labute approximate surface area is 117 Å². The van der Waals surface area contributed by atoms with Gasteiger partial charge in [0.25, 0.3) is 0 Å². The molecule has 2 aromatic heterocycles. The van der Waals surface area contributed by atoms with Crippen molar-refractivity contribution in [3.05, 3.63) is 46.4 Å². The third-order valence-corrected chi connectivity index (χ3v) is 4.06. The number of nitrogens with two attached hydrogens (primary N) is 1. The van der Waals surface area contributed by atoms with Gasteiger partial charge in [-0.3, -0.25) is 10.4 Å². The minimum absolute atomic E-state index is 0.00107. The molecule has 0 aliphatic heterocycles. The number of hydrogen-bond donors (Lipinski definition) is 2. The number of nitrogens with one attached hydrogen (secondary N) is 1. The molecular formula is C14H18N4S. The molecule has 4 nitrogen and oxygen atoms in total. The SMILES string of the molecule is CC(Cc1cccs1)N(C)c1ccnc(C(=N)N)c1. The molecule has 0 aromatic carbocycles. The van der Waals surface area contributed by atoms with E-state index >= 15 is 0 Å². The summed E-state index contributed by atoms with van der Waals surface area (Å²) in [6.07, 6.45) is 2.70. The van der Waals surface area contributed by atoms with Crippen LogP contribution in [0, 0.1) is 5.41 Å². The first-order valence-electron chi connectivity index (χ1n) is 6.13. The Morgan fingerprint density at radius 2 is 2.32 bits per heavy atom. The van der Waals surface area contributed by atoms with Crippen molar-refractivity contribution in [3.63, 3.8) is 0 Å². The molecule has 2 aromatic rings. The molecule has 19 heavy (non-hydrogen) atoms. The number of anilines is 1. The fraction of sp³-hybridized carbons (Fsp3) is 0.286. The maximum Gasteiger partial charge on any atom is 0.141 e. The van der Waals surface area contributed by atoms with Crippen molar-refractivity contribution in [2.45, 2.75) is 19.4 Å². The van der Waals surface area contributed by atoms with Crippen molar-refractivity contribution in [1.82, 2.24) is 4.98 Å². The van der Waals surface area contributed by atoms with E-state index in [0.29, 0.717) is 11.7 Å². The Hall–Kier alpha value is -1.88. The van der Waals surface area contributed by atoms with E-state index in [-0.39, 0.29) is 5.84 Å². The molecule has 2 heterocycles. The van der Waals surface area contributed by atoms with Gasteiger partial charge in [0.05, 0.1) is 0 Å². The average molecular weight is 274 g/mol. The van der Waals surface area contributed by atoms with E-state index in [1.807, 2.05) is 12.1 Å². The summed E-state index contributed by atoms with van der Waals surface area (Å²) < 4.78 is 0. The van der Waals surface area contributed by atoms with Crippen molar-refractivity contribution >= 4 is 22.9 Å². The molecule has 0 saturated carbocycles. The average Bonchev–Trinajstić information content (AvgIpc) is 2.90. The predicted octanol–water partition coefficient (Wildman–Crippen LogP) is 2.49. The number of hydrogen-bond acceptors (Lipinski definition) is 4. The van der Waals surface area contributed by atoms with Gasteiger partial charge in [-0.2, -0.15) is 0 Å². The van der Waals surface area contributed by atoms with Crippen LogP contribution in [0.5, 0.6) is 0 Å². The maximum atomic E-state index is 7.44. The maximum absolute atomic E-state index is 7.44. The fourth-order valence-electron chi connectivity index (χ4n) is 1.90. The molecule has 5 heteroatoms. The molecule has 100 valence electrons. The molecule has 0 spiro atoms. The first kappa shape index (κ1) is 13.5. The van der Waals surface area contributed by atoms with E-state index in [1.165, 1.54) is 4.88 Å². The summed E-state index contributed by atoms with van der Waals surface area (Å²) in [7, 11) is 2.05. The summed E-state index contributed by atoms with van der Waals surface area (Å²) in [6.45, 7) is 2.19. The van der Waals surface area contributed by atoms with Crippen molar-refractivity contribution in [2.75, 3.05) is 11.9 Å². The van der Waals surface area contributed by atoms with Crippen molar-refractivity contribution in [2.24, 2.45) is 5.73 Å². The van der Waals surface area contributed by atoms with E-state index in [1.54, 1.807) is 17.5 Å². The number of nitrogen functional groups attached to an aromatic ring is 1. The predicted molar refractivity (Wildman–Crippen MR) is 81.1 cm³/mol. The lowest BCUT2D eigenvalue weighted by molar-refractivity contribution is 0.688. The Morgan fingerprint density at radius 1 is 1.53 bits per heavy atom. The number of rotatable bonds is 5. The van der Waals surface area contributed by atoms with Crippen LogP contribution in [0.2, 0.25) is 0 Å². The highest BCUT2D eigenvalue weighted by atomic mass is 32.1. The highest BCUT2D eigenvalue weighted by Gasteiger charge is 2.12. The Bertz CT molecular complexity index is 550. The molecule has 0 bridgehead atoms. The minimum atomic E-state index is 0.00107.